The number of carbonyl (C=O) groups excluding carboxylic acids is 2. The Morgan fingerprint density at radius 2 is 2.00 bits per heavy atom. The smallest absolute Gasteiger partial charge is 0.338 e. The maximum atomic E-state index is 13.2. The molecule has 0 spiro atoms. The summed E-state index contributed by atoms with van der Waals surface area (Å²) >= 11 is 1.42. The van der Waals surface area contributed by atoms with Crippen LogP contribution in [0.5, 0.6) is 5.75 Å². The van der Waals surface area contributed by atoms with Gasteiger partial charge < -0.3 is 19.7 Å². The molecule has 1 aromatic heterocycles. The molecule has 3 heterocycles. The van der Waals surface area contributed by atoms with Crippen LogP contribution >= 0.6 is 11.8 Å². The number of para-hydroxylation sites is 1. The molecule has 1 unspecified atom stereocenters. The van der Waals surface area contributed by atoms with Crippen molar-refractivity contribution in [1.82, 2.24) is 15.2 Å². The number of benzene rings is 1. The number of nitrogens with zero attached hydrogens (tertiary/aromatic N) is 3. The highest BCUT2D eigenvalue weighted by Crippen LogP contribution is 2.46. The number of amides is 1. The number of pyridine rings is 1. The monoisotopic (exact) mass is 490 g/mol. The first-order valence-electron chi connectivity index (χ1n) is 11.0. The second-order valence-corrected chi connectivity index (χ2v) is 8.67. The largest absolute Gasteiger partial charge is 0.496 e. The number of carbonyl (C=O) groups is 2. The summed E-state index contributed by atoms with van der Waals surface area (Å²) in [6, 6.07) is 10.7. The molecule has 9 heteroatoms. The van der Waals surface area contributed by atoms with Crippen molar-refractivity contribution in [2.45, 2.75) is 25.9 Å². The summed E-state index contributed by atoms with van der Waals surface area (Å²) in [5, 5.41) is 5.54. The van der Waals surface area contributed by atoms with Gasteiger partial charge in [-0.25, -0.2) is 9.79 Å². The van der Waals surface area contributed by atoms with Gasteiger partial charge in [0.15, 0.2) is 5.17 Å². The summed E-state index contributed by atoms with van der Waals surface area (Å²) in [7, 11) is 1.59. The number of amidine groups is 1. The van der Waals surface area contributed by atoms with Crippen molar-refractivity contribution in [3.63, 3.8) is 0 Å². The highest BCUT2D eigenvalue weighted by molar-refractivity contribution is 8.16. The van der Waals surface area contributed by atoms with Crippen molar-refractivity contribution in [1.29, 1.82) is 0 Å². The van der Waals surface area contributed by atoms with E-state index >= 15 is 0 Å². The first-order valence-corrected chi connectivity index (χ1v) is 11.9. The molecule has 35 heavy (non-hydrogen) atoms. The van der Waals surface area contributed by atoms with E-state index in [1.165, 1.54) is 17.8 Å². The molecule has 0 saturated heterocycles. The molecule has 4 rings (SSSR count). The van der Waals surface area contributed by atoms with Crippen LogP contribution in [0.1, 0.15) is 30.5 Å². The molecule has 180 valence electrons. The van der Waals surface area contributed by atoms with E-state index in [2.05, 4.69) is 21.9 Å². The van der Waals surface area contributed by atoms with Gasteiger partial charge >= 0.3 is 5.97 Å². The molecule has 1 N–H and O–H groups in total. The van der Waals surface area contributed by atoms with E-state index < -0.39 is 12.0 Å². The number of fused-ring (bicyclic) bond motifs is 1. The minimum absolute atomic E-state index is 0.0830. The standard InChI is InChI=1S/C26H26N4O4S/c1-4-13-34-25(32)23-17(2)29-26-30(24(23)20-7-5-6-8-21(20)33-3)19(16-35-26)14-22(31)28-15-18-9-11-27-12-10-18/h4-12,16,24H,1,13-15H2,2-3H3,(H,28,31). The Kier molecular flexibility index (Phi) is 7.67. The Labute approximate surface area is 208 Å². The van der Waals surface area contributed by atoms with Crippen LogP contribution in [-0.2, 0) is 20.9 Å². The van der Waals surface area contributed by atoms with E-state index in [-0.39, 0.29) is 18.9 Å². The fourth-order valence-electron chi connectivity index (χ4n) is 3.96. The van der Waals surface area contributed by atoms with Gasteiger partial charge in [-0.2, -0.15) is 0 Å². The minimum Gasteiger partial charge on any atom is -0.496 e. The van der Waals surface area contributed by atoms with Crippen molar-refractivity contribution < 1.29 is 19.1 Å². The van der Waals surface area contributed by atoms with Gasteiger partial charge in [-0.15, -0.1) is 0 Å². The first-order chi connectivity index (χ1) is 17.0. The number of rotatable bonds is 9. The van der Waals surface area contributed by atoms with Crippen LogP contribution < -0.4 is 10.1 Å². The topological polar surface area (TPSA) is 93.1 Å². The lowest BCUT2D eigenvalue weighted by Crippen LogP contribution is -2.38. The van der Waals surface area contributed by atoms with Gasteiger partial charge in [-0.1, -0.05) is 42.6 Å². The zero-order valence-electron chi connectivity index (χ0n) is 19.6. The molecule has 0 radical (unpaired) electrons. The Morgan fingerprint density at radius 1 is 1.23 bits per heavy atom. The Balaban J connectivity index is 1.64. The Bertz CT molecular complexity index is 1220. The molecule has 1 amide bonds. The second-order valence-electron chi connectivity index (χ2n) is 7.83. The van der Waals surface area contributed by atoms with Crippen LogP contribution in [0.15, 0.2) is 88.8 Å². The Morgan fingerprint density at radius 3 is 2.74 bits per heavy atom. The Hall–Kier alpha value is -3.85. The van der Waals surface area contributed by atoms with Crippen LogP contribution in [0.2, 0.25) is 0 Å². The molecular weight excluding hydrogens is 464 g/mol. The third-order valence-electron chi connectivity index (χ3n) is 5.57. The van der Waals surface area contributed by atoms with Crippen molar-refractivity contribution in [2.24, 2.45) is 4.99 Å². The van der Waals surface area contributed by atoms with Crippen molar-refractivity contribution in [3.05, 3.63) is 94.9 Å². The first kappa shape index (κ1) is 24.3. The average Bonchev–Trinajstić information content (AvgIpc) is 3.27. The molecule has 2 aliphatic rings. The molecule has 0 aliphatic carbocycles. The highest BCUT2D eigenvalue weighted by Gasteiger charge is 2.42. The molecule has 1 aromatic carbocycles. The number of nitrogens with one attached hydrogen (secondary N) is 1. The third-order valence-corrected chi connectivity index (χ3v) is 6.46. The van der Waals surface area contributed by atoms with E-state index in [0.717, 1.165) is 16.8 Å². The van der Waals surface area contributed by atoms with E-state index in [4.69, 9.17) is 9.47 Å². The number of aromatic nitrogens is 1. The summed E-state index contributed by atoms with van der Waals surface area (Å²) in [6.07, 6.45) is 5.02. The number of methoxy groups -OCH3 is 1. The summed E-state index contributed by atoms with van der Waals surface area (Å²) in [4.78, 5) is 36.6. The normalized spacial score (nSPS) is 16.7. The highest BCUT2D eigenvalue weighted by atomic mass is 32.2. The lowest BCUT2D eigenvalue weighted by molar-refractivity contribution is -0.138. The van der Waals surface area contributed by atoms with Gasteiger partial charge in [0, 0.05) is 30.2 Å². The number of ether oxygens (including phenoxy) is 2. The third kappa shape index (κ3) is 5.30. The molecule has 8 nitrogen and oxygen atoms in total. The predicted molar refractivity (Wildman–Crippen MR) is 135 cm³/mol. The number of hydrogen-bond acceptors (Lipinski definition) is 8. The number of esters is 1. The van der Waals surface area contributed by atoms with Gasteiger partial charge in [-0.3, -0.25) is 9.78 Å². The molecule has 0 saturated carbocycles. The van der Waals surface area contributed by atoms with Crippen LogP contribution in [0.3, 0.4) is 0 Å². The van der Waals surface area contributed by atoms with Crippen LogP contribution in [0.25, 0.3) is 0 Å². The number of aliphatic imine (C=N–C) groups is 1. The van der Waals surface area contributed by atoms with Gasteiger partial charge in [0.1, 0.15) is 12.4 Å². The van der Waals surface area contributed by atoms with Gasteiger partial charge in [-0.05, 0) is 36.1 Å². The summed E-state index contributed by atoms with van der Waals surface area (Å²) < 4.78 is 11.0. The number of allylic oxidation sites excluding steroid dienone is 1. The molecule has 1 atom stereocenters. The number of hydrogen-bond donors (Lipinski definition) is 1. The van der Waals surface area contributed by atoms with Crippen molar-refractivity contribution >= 4 is 28.8 Å². The second kappa shape index (κ2) is 11.1. The zero-order chi connectivity index (χ0) is 24.8. The van der Waals surface area contributed by atoms with Gasteiger partial charge in [0.2, 0.25) is 5.91 Å². The average molecular weight is 491 g/mol. The maximum absolute atomic E-state index is 13.2. The SMILES string of the molecule is C=CCOC(=O)C1=C(C)N=C2SC=C(CC(=O)NCc3ccncc3)N2C1c1ccccc1OC. The fraction of sp³-hybridized carbons (Fsp3) is 0.231. The van der Waals surface area contributed by atoms with E-state index in [1.807, 2.05) is 46.7 Å². The summed E-state index contributed by atoms with van der Waals surface area (Å²) in [5.74, 6) is -0.00537. The van der Waals surface area contributed by atoms with E-state index in [0.29, 0.717) is 28.7 Å². The summed E-state index contributed by atoms with van der Waals surface area (Å²) in [6.45, 7) is 5.90. The zero-order valence-corrected chi connectivity index (χ0v) is 20.4. The van der Waals surface area contributed by atoms with Crippen molar-refractivity contribution in [2.75, 3.05) is 13.7 Å². The van der Waals surface area contributed by atoms with Crippen LogP contribution in [-0.4, -0.2) is 40.6 Å². The molecule has 0 bridgehead atoms. The maximum Gasteiger partial charge on any atom is 0.338 e. The molecule has 2 aliphatic heterocycles. The quantitative estimate of drug-likeness (QED) is 0.418. The van der Waals surface area contributed by atoms with E-state index in [1.54, 1.807) is 26.4 Å². The lowest BCUT2D eigenvalue weighted by atomic mass is 9.93. The fourth-order valence-corrected chi connectivity index (χ4v) is 4.92. The molecule has 2 aromatic rings. The number of thioether (sulfide) groups is 1. The van der Waals surface area contributed by atoms with Gasteiger partial charge in [0.25, 0.3) is 0 Å². The molecular formula is C26H26N4O4S. The summed E-state index contributed by atoms with van der Waals surface area (Å²) in [5.41, 5.74) is 3.42. The lowest BCUT2D eigenvalue weighted by Gasteiger charge is -2.36. The van der Waals surface area contributed by atoms with E-state index in [9.17, 15) is 9.59 Å². The van der Waals surface area contributed by atoms with Gasteiger partial charge in [0.05, 0.1) is 30.8 Å². The predicted octanol–water partition coefficient (Wildman–Crippen LogP) is 4.10. The minimum atomic E-state index is -0.565. The van der Waals surface area contributed by atoms with Crippen molar-refractivity contribution in [3.8, 4) is 5.75 Å². The molecule has 0 fully saturated rings. The van der Waals surface area contributed by atoms with Crippen LogP contribution in [0, 0.1) is 0 Å². The van der Waals surface area contributed by atoms with Crippen LogP contribution in [0.4, 0.5) is 0 Å².